The number of hydrogen-bond acceptors (Lipinski definition) is 2. The third-order valence-electron chi connectivity index (χ3n) is 9.96. The summed E-state index contributed by atoms with van der Waals surface area (Å²) >= 11 is 0. The number of aromatic nitrogens is 2. The van der Waals surface area contributed by atoms with Crippen molar-refractivity contribution in [1.29, 1.82) is 0 Å². The SMILES string of the molecule is C/C=C(/c1cccc(CC)c1)c1ccc(C(=O)N2CCC(c3nc4ccccc4n3CC3CC(F)(F)C3)CC2)cc1C.CCC(C)C. The molecule has 47 heavy (non-hydrogen) atoms. The van der Waals surface area contributed by atoms with Crippen molar-refractivity contribution in [2.24, 2.45) is 11.8 Å². The first-order valence-corrected chi connectivity index (χ1v) is 17.5. The zero-order chi connectivity index (χ0) is 33.7. The number of alkyl halides is 2. The summed E-state index contributed by atoms with van der Waals surface area (Å²) in [5, 5.41) is 0. The Balaban J connectivity index is 0.000000807. The van der Waals surface area contributed by atoms with Crippen LogP contribution in [0.4, 0.5) is 8.78 Å². The molecule has 2 heterocycles. The smallest absolute Gasteiger partial charge is 0.253 e. The van der Waals surface area contributed by atoms with Crippen molar-refractivity contribution in [3.8, 4) is 0 Å². The van der Waals surface area contributed by atoms with E-state index >= 15 is 0 Å². The van der Waals surface area contributed by atoms with Gasteiger partial charge < -0.3 is 9.47 Å². The van der Waals surface area contributed by atoms with Crippen LogP contribution in [0.1, 0.15) is 111 Å². The minimum atomic E-state index is -2.53. The molecule has 0 spiro atoms. The number of carbonyl (C=O) groups excluding carboxylic acids is 1. The van der Waals surface area contributed by atoms with E-state index in [0.29, 0.717) is 25.2 Å². The van der Waals surface area contributed by atoms with Crippen molar-refractivity contribution in [3.05, 3.63) is 106 Å². The third-order valence-corrected chi connectivity index (χ3v) is 9.96. The average molecular weight is 640 g/mol. The molecule has 4 nitrogen and oxygen atoms in total. The summed E-state index contributed by atoms with van der Waals surface area (Å²) in [7, 11) is 0. The normalized spacial score (nSPS) is 17.0. The van der Waals surface area contributed by atoms with Gasteiger partial charge in [0.25, 0.3) is 5.91 Å². The number of benzene rings is 3. The van der Waals surface area contributed by atoms with Crippen LogP contribution in [0.5, 0.6) is 0 Å². The van der Waals surface area contributed by atoms with Crippen molar-refractivity contribution in [2.75, 3.05) is 13.1 Å². The number of halogens is 2. The summed E-state index contributed by atoms with van der Waals surface area (Å²) < 4.78 is 29.4. The molecule has 0 unspecified atom stereocenters. The van der Waals surface area contributed by atoms with Crippen LogP contribution in [0.15, 0.2) is 72.8 Å². The van der Waals surface area contributed by atoms with E-state index in [1.54, 1.807) is 0 Å². The highest BCUT2D eigenvalue weighted by Gasteiger charge is 2.45. The maximum Gasteiger partial charge on any atom is 0.253 e. The predicted molar refractivity (Wildman–Crippen MR) is 190 cm³/mol. The monoisotopic (exact) mass is 639 g/mol. The summed E-state index contributed by atoms with van der Waals surface area (Å²) in [6.45, 7) is 14.8. The number of imidazole rings is 1. The van der Waals surface area contributed by atoms with Gasteiger partial charge in [-0.2, -0.15) is 0 Å². The van der Waals surface area contributed by atoms with Gasteiger partial charge in [-0.25, -0.2) is 13.8 Å². The van der Waals surface area contributed by atoms with Gasteiger partial charge in [0.2, 0.25) is 5.92 Å². The van der Waals surface area contributed by atoms with Gasteiger partial charge in [0, 0.05) is 44.0 Å². The van der Waals surface area contributed by atoms with E-state index in [1.807, 2.05) is 41.3 Å². The van der Waals surface area contributed by atoms with Crippen molar-refractivity contribution < 1.29 is 13.6 Å². The Bertz CT molecular complexity index is 1700. The molecule has 1 saturated carbocycles. The van der Waals surface area contributed by atoms with Gasteiger partial charge in [-0.05, 0) is 97.0 Å². The molecule has 2 fully saturated rings. The highest BCUT2D eigenvalue weighted by Crippen LogP contribution is 2.44. The minimum absolute atomic E-state index is 0.0251. The maximum atomic E-state index is 13.6. The number of nitrogens with zero attached hydrogens (tertiary/aromatic N) is 3. The molecule has 0 bridgehead atoms. The van der Waals surface area contributed by atoms with Crippen molar-refractivity contribution in [2.45, 2.75) is 98.5 Å². The number of piperidine rings is 1. The number of para-hydroxylation sites is 2. The fraction of sp³-hybridized carbons (Fsp3) is 0.463. The molecule has 3 aromatic carbocycles. The number of allylic oxidation sites excluding steroid dienone is 1. The molecule has 0 atom stereocenters. The van der Waals surface area contributed by atoms with E-state index in [-0.39, 0.29) is 30.6 Å². The third kappa shape index (κ3) is 8.02. The average Bonchev–Trinajstić information content (AvgIpc) is 3.43. The van der Waals surface area contributed by atoms with Crippen LogP contribution in [0.25, 0.3) is 16.6 Å². The second kappa shape index (κ2) is 15.0. The molecule has 0 N–H and O–H groups in total. The zero-order valence-corrected chi connectivity index (χ0v) is 29.0. The van der Waals surface area contributed by atoms with Crippen molar-refractivity contribution in [3.63, 3.8) is 0 Å². The van der Waals surface area contributed by atoms with E-state index in [1.165, 1.54) is 23.1 Å². The number of fused-ring (bicyclic) bond motifs is 1. The lowest BCUT2D eigenvalue weighted by Crippen LogP contribution is -2.39. The highest BCUT2D eigenvalue weighted by atomic mass is 19.3. The van der Waals surface area contributed by atoms with Crippen LogP contribution in [-0.4, -0.2) is 39.4 Å². The molecule has 250 valence electrons. The van der Waals surface area contributed by atoms with Gasteiger partial charge in [0.1, 0.15) is 5.82 Å². The fourth-order valence-corrected chi connectivity index (χ4v) is 6.83. The Morgan fingerprint density at radius 2 is 1.68 bits per heavy atom. The Kier molecular flexibility index (Phi) is 11.0. The lowest BCUT2D eigenvalue weighted by atomic mass is 9.81. The molecule has 6 rings (SSSR count). The molecule has 1 saturated heterocycles. The van der Waals surface area contributed by atoms with Crippen LogP contribution in [0, 0.1) is 18.8 Å². The van der Waals surface area contributed by atoms with Gasteiger partial charge in [-0.3, -0.25) is 4.79 Å². The van der Waals surface area contributed by atoms with Crippen molar-refractivity contribution in [1.82, 2.24) is 14.5 Å². The first kappa shape index (κ1) is 34.5. The first-order chi connectivity index (χ1) is 22.5. The summed E-state index contributed by atoms with van der Waals surface area (Å²) in [4.78, 5) is 20.5. The van der Waals surface area contributed by atoms with Gasteiger partial charge >= 0.3 is 0 Å². The Labute approximate surface area is 279 Å². The van der Waals surface area contributed by atoms with Crippen LogP contribution < -0.4 is 0 Å². The number of rotatable bonds is 8. The van der Waals surface area contributed by atoms with E-state index in [4.69, 9.17) is 4.98 Å². The van der Waals surface area contributed by atoms with Crippen LogP contribution in [0.2, 0.25) is 0 Å². The number of carbonyl (C=O) groups is 1. The molecule has 1 amide bonds. The molecule has 1 aliphatic heterocycles. The van der Waals surface area contributed by atoms with E-state index < -0.39 is 5.92 Å². The maximum absolute atomic E-state index is 13.6. The second-order valence-electron chi connectivity index (χ2n) is 13.9. The molecular weight excluding hydrogens is 588 g/mol. The fourth-order valence-electron chi connectivity index (χ4n) is 6.83. The van der Waals surface area contributed by atoms with Gasteiger partial charge in [0.15, 0.2) is 0 Å². The first-order valence-electron chi connectivity index (χ1n) is 17.5. The Morgan fingerprint density at radius 1 is 0.979 bits per heavy atom. The number of likely N-dealkylation sites (tertiary alicyclic amines) is 1. The number of aryl methyl sites for hydroxylation is 2. The zero-order valence-electron chi connectivity index (χ0n) is 29.0. The van der Waals surface area contributed by atoms with E-state index in [2.05, 4.69) is 82.5 Å². The summed E-state index contributed by atoms with van der Waals surface area (Å²) in [5.41, 5.74) is 8.54. The minimum Gasteiger partial charge on any atom is -0.339 e. The summed E-state index contributed by atoms with van der Waals surface area (Å²) in [6, 6.07) is 22.7. The topological polar surface area (TPSA) is 38.1 Å². The summed E-state index contributed by atoms with van der Waals surface area (Å²) in [6.07, 6.45) is 5.96. The van der Waals surface area contributed by atoms with Crippen LogP contribution in [0.3, 0.4) is 0 Å². The lowest BCUT2D eigenvalue weighted by molar-refractivity contribution is -0.114. The second-order valence-corrected chi connectivity index (χ2v) is 13.9. The van der Waals surface area contributed by atoms with Crippen LogP contribution in [-0.2, 0) is 13.0 Å². The molecule has 6 heteroatoms. The number of hydrogen-bond donors (Lipinski definition) is 0. The molecule has 2 aliphatic rings. The predicted octanol–water partition coefficient (Wildman–Crippen LogP) is 10.5. The Morgan fingerprint density at radius 3 is 2.30 bits per heavy atom. The molecule has 1 aliphatic carbocycles. The molecule has 0 radical (unpaired) electrons. The molecular formula is C41H51F2N3O. The lowest BCUT2D eigenvalue weighted by Gasteiger charge is -2.36. The highest BCUT2D eigenvalue weighted by molar-refractivity contribution is 5.95. The van der Waals surface area contributed by atoms with Gasteiger partial charge in [-0.15, -0.1) is 0 Å². The van der Waals surface area contributed by atoms with E-state index in [0.717, 1.165) is 53.2 Å². The quantitative estimate of drug-likeness (QED) is 0.192. The van der Waals surface area contributed by atoms with E-state index in [9.17, 15) is 13.6 Å². The van der Waals surface area contributed by atoms with Gasteiger partial charge in [-0.1, -0.05) is 82.7 Å². The Hall–Kier alpha value is -3.80. The molecule has 4 aromatic rings. The van der Waals surface area contributed by atoms with Crippen LogP contribution >= 0.6 is 0 Å². The largest absolute Gasteiger partial charge is 0.339 e. The number of amides is 1. The molecule has 1 aromatic heterocycles. The summed E-state index contributed by atoms with van der Waals surface area (Å²) in [5.74, 6) is -0.439. The van der Waals surface area contributed by atoms with Gasteiger partial charge in [0.05, 0.1) is 11.0 Å². The van der Waals surface area contributed by atoms with Crippen molar-refractivity contribution >= 4 is 22.5 Å². The standard InChI is InChI=1S/C36H39F2N3O.C5H12/c1-4-25-9-8-10-28(20-25)30(5-2)31-14-13-29(19-24(31)3)35(42)40-17-15-27(16-18-40)34-39-32-11-6-7-12-33(32)41(34)23-26-21-36(37,38)22-26;1-4-5(2)3/h5-14,19-20,26-27H,4,15-18,21-23H2,1-3H3;5H,4H2,1-3H3/b30-5-;.